The lowest BCUT2D eigenvalue weighted by molar-refractivity contribution is 1.32. The van der Waals surface area contributed by atoms with E-state index in [9.17, 15) is 0 Å². The predicted octanol–water partition coefficient (Wildman–Crippen LogP) is 4.25. The standard InChI is InChI=1S/C13H13ClN2S.ClH/c1-9-4-5-10(8-14)7-11(9)16-13(15)12-3-2-6-17-12;/h2-7H,8H2,1H3,(H2,15,16);1H. The molecule has 0 unspecified atom stereocenters. The number of hydrogen-bond donors (Lipinski definition) is 1. The lowest BCUT2D eigenvalue weighted by Gasteiger charge is -2.04. The molecule has 1 aromatic heterocycles. The van der Waals surface area contributed by atoms with Crippen LogP contribution in [0.5, 0.6) is 0 Å². The number of rotatable bonds is 3. The average Bonchev–Trinajstić information content (AvgIpc) is 2.85. The van der Waals surface area contributed by atoms with Crippen LogP contribution in [-0.4, -0.2) is 5.84 Å². The Hall–Kier alpha value is -1.03. The molecule has 0 amide bonds. The molecule has 96 valence electrons. The monoisotopic (exact) mass is 300 g/mol. The molecule has 18 heavy (non-hydrogen) atoms. The molecule has 2 rings (SSSR count). The molecular weight excluding hydrogens is 287 g/mol. The molecule has 0 atom stereocenters. The van der Waals surface area contributed by atoms with Gasteiger partial charge < -0.3 is 5.73 Å². The highest BCUT2D eigenvalue weighted by atomic mass is 35.5. The van der Waals surface area contributed by atoms with Crippen molar-refractivity contribution in [3.63, 3.8) is 0 Å². The number of hydrogen-bond acceptors (Lipinski definition) is 2. The SMILES string of the molecule is Cc1ccc(CCl)cc1N=C(N)c1cccs1.Cl. The average molecular weight is 301 g/mol. The normalized spacial score (nSPS) is 11.1. The summed E-state index contributed by atoms with van der Waals surface area (Å²) in [6.07, 6.45) is 0. The number of alkyl halides is 1. The van der Waals surface area contributed by atoms with Gasteiger partial charge in [-0.2, -0.15) is 0 Å². The molecule has 1 aromatic carbocycles. The maximum atomic E-state index is 5.96. The maximum absolute atomic E-state index is 5.96. The molecule has 2 N–H and O–H groups in total. The fraction of sp³-hybridized carbons (Fsp3) is 0.154. The Morgan fingerprint density at radius 1 is 1.39 bits per heavy atom. The highest BCUT2D eigenvalue weighted by Crippen LogP contribution is 2.22. The highest BCUT2D eigenvalue weighted by Gasteiger charge is 2.02. The zero-order chi connectivity index (χ0) is 12.3. The van der Waals surface area contributed by atoms with E-state index in [0.29, 0.717) is 11.7 Å². The van der Waals surface area contributed by atoms with Crippen LogP contribution in [0.2, 0.25) is 0 Å². The van der Waals surface area contributed by atoms with Crippen LogP contribution < -0.4 is 5.73 Å². The van der Waals surface area contributed by atoms with Crippen molar-refractivity contribution < 1.29 is 0 Å². The second-order valence-electron chi connectivity index (χ2n) is 3.73. The molecule has 2 nitrogen and oxygen atoms in total. The first kappa shape index (κ1) is 15.0. The van der Waals surface area contributed by atoms with Crippen molar-refractivity contribution in [2.24, 2.45) is 10.7 Å². The van der Waals surface area contributed by atoms with Gasteiger partial charge in [-0.15, -0.1) is 35.3 Å². The number of aryl methyl sites for hydroxylation is 1. The molecule has 0 fully saturated rings. The number of thiophene rings is 1. The van der Waals surface area contributed by atoms with Crippen LogP contribution in [0.25, 0.3) is 0 Å². The van der Waals surface area contributed by atoms with Gasteiger partial charge in [0.25, 0.3) is 0 Å². The van der Waals surface area contributed by atoms with Crippen LogP contribution >= 0.6 is 35.3 Å². The summed E-state index contributed by atoms with van der Waals surface area (Å²) >= 11 is 7.39. The molecule has 0 aliphatic carbocycles. The summed E-state index contributed by atoms with van der Waals surface area (Å²) in [5.74, 6) is 1.04. The molecule has 0 aliphatic heterocycles. The fourth-order valence-corrected chi connectivity index (χ4v) is 2.26. The Kier molecular flexibility index (Phi) is 5.66. The van der Waals surface area contributed by atoms with Gasteiger partial charge in [0.15, 0.2) is 0 Å². The fourth-order valence-electron chi connectivity index (χ4n) is 1.47. The maximum Gasteiger partial charge on any atom is 0.141 e. The summed E-state index contributed by atoms with van der Waals surface area (Å²) in [6.45, 7) is 2.01. The van der Waals surface area contributed by atoms with Crippen LogP contribution in [0.1, 0.15) is 16.0 Å². The summed E-state index contributed by atoms with van der Waals surface area (Å²) in [7, 11) is 0. The number of nitrogens with two attached hydrogens (primary N) is 1. The van der Waals surface area contributed by atoms with E-state index in [4.69, 9.17) is 17.3 Å². The van der Waals surface area contributed by atoms with E-state index in [2.05, 4.69) is 4.99 Å². The molecule has 2 aromatic rings. The van der Waals surface area contributed by atoms with E-state index in [1.54, 1.807) is 11.3 Å². The zero-order valence-electron chi connectivity index (χ0n) is 9.89. The number of benzene rings is 1. The van der Waals surface area contributed by atoms with E-state index in [1.807, 2.05) is 42.6 Å². The van der Waals surface area contributed by atoms with Crippen molar-refractivity contribution in [1.82, 2.24) is 0 Å². The largest absolute Gasteiger partial charge is 0.383 e. The first-order valence-corrected chi connectivity index (χ1v) is 6.65. The van der Waals surface area contributed by atoms with Gasteiger partial charge in [0.05, 0.1) is 10.6 Å². The van der Waals surface area contributed by atoms with Crippen LogP contribution in [0.3, 0.4) is 0 Å². The van der Waals surface area contributed by atoms with E-state index < -0.39 is 0 Å². The first-order valence-electron chi connectivity index (χ1n) is 5.24. The van der Waals surface area contributed by atoms with E-state index in [-0.39, 0.29) is 12.4 Å². The Balaban J connectivity index is 0.00000162. The molecule has 0 aliphatic rings. The van der Waals surface area contributed by atoms with Gasteiger partial charge in [-0.25, -0.2) is 4.99 Å². The van der Waals surface area contributed by atoms with Crippen LogP contribution in [0, 0.1) is 6.92 Å². The van der Waals surface area contributed by atoms with Gasteiger partial charge in [-0.05, 0) is 35.6 Å². The molecule has 0 saturated heterocycles. The lowest BCUT2D eigenvalue weighted by atomic mass is 10.1. The quantitative estimate of drug-likeness (QED) is 0.513. The smallest absolute Gasteiger partial charge is 0.141 e. The number of aliphatic imine (C=N–C) groups is 1. The van der Waals surface area contributed by atoms with Gasteiger partial charge >= 0.3 is 0 Å². The minimum atomic E-state index is 0. The lowest BCUT2D eigenvalue weighted by Crippen LogP contribution is -2.10. The second-order valence-corrected chi connectivity index (χ2v) is 4.94. The summed E-state index contributed by atoms with van der Waals surface area (Å²) < 4.78 is 0. The molecule has 0 radical (unpaired) electrons. The zero-order valence-corrected chi connectivity index (χ0v) is 12.3. The number of nitrogens with zero attached hydrogens (tertiary/aromatic N) is 1. The van der Waals surface area contributed by atoms with E-state index in [1.165, 1.54) is 0 Å². The van der Waals surface area contributed by atoms with Crippen molar-refractivity contribution in [3.05, 3.63) is 51.7 Å². The Morgan fingerprint density at radius 2 is 2.17 bits per heavy atom. The van der Waals surface area contributed by atoms with Crippen molar-refractivity contribution in [1.29, 1.82) is 0 Å². The summed E-state index contributed by atoms with van der Waals surface area (Å²) in [5, 5.41) is 1.99. The third-order valence-electron chi connectivity index (χ3n) is 2.44. The van der Waals surface area contributed by atoms with Crippen molar-refractivity contribution >= 4 is 46.9 Å². The van der Waals surface area contributed by atoms with Crippen molar-refractivity contribution in [2.45, 2.75) is 12.8 Å². The van der Waals surface area contributed by atoms with Gasteiger partial charge in [-0.3, -0.25) is 0 Å². The summed E-state index contributed by atoms with van der Waals surface area (Å²) in [4.78, 5) is 5.44. The highest BCUT2D eigenvalue weighted by molar-refractivity contribution is 7.12. The molecule has 0 spiro atoms. The summed E-state index contributed by atoms with van der Waals surface area (Å²) in [6, 6.07) is 9.92. The van der Waals surface area contributed by atoms with Gasteiger partial charge in [-0.1, -0.05) is 18.2 Å². The Labute approximate surface area is 122 Å². The Morgan fingerprint density at radius 3 is 2.78 bits per heavy atom. The van der Waals surface area contributed by atoms with Crippen molar-refractivity contribution in [3.8, 4) is 0 Å². The van der Waals surface area contributed by atoms with Crippen LogP contribution in [0.15, 0.2) is 40.7 Å². The number of halogens is 2. The number of amidine groups is 1. The van der Waals surface area contributed by atoms with Gasteiger partial charge in [0.1, 0.15) is 5.84 Å². The minimum Gasteiger partial charge on any atom is -0.383 e. The van der Waals surface area contributed by atoms with Crippen LogP contribution in [0.4, 0.5) is 5.69 Å². The predicted molar refractivity (Wildman–Crippen MR) is 82.7 cm³/mol. The van der Waals surface area contributed by atoms with Gasteiger partial charge in [0.2, 0.25) is 0 Å². The Bertz CT molecular complexity index is 536. The summed E-state index contributed by atoms with van der Waals surface area (Å²) in [5.41, 5.74) is 8.99. The topological polar surface area (TPSA) is 38.4 Å². The second kappa shape index (κ2) is 6.78. The first-order chi connectivity index (χ1) is 8.20. The molecule has 0 saturated carbocycles. The third kappa shape index (κ3) is 3.48. The van der Waals surface area contributed by atoms with E-state index in [0.717, 1.165) is 21.7 Å². The molecule has 0 bridgehead atoms. The minimum absolute atomic E-state index is 0. The molecule has 1 heterocycles. The van der Waals surface area contributed by atoms with Crippen molar-refractivity contribution in [2.75, 3.05) is 0 Å². The van der Waals surface area contributed by atoms with E-state index >= 15 is 0 Å². The molecular formula is C13H14Cl2N2S. The molecule has 5 heteroatoms. The van der Waals surface area contributed by atoms with Crippen LogP contribution in [-0.2, 0) is 5.88 Å². The van der Waals surface area contributed by atoms with Gasteiger partial charge in [0, 0.05) is 5.88 Å². The third-order valence-corrected chi connectivity index (χ3v) is 3.64.